The Balaban J connectivity index is 2.05. The molecule has 1 aliphatic heterocycles. The van der Waals surface area contributed by atoms with Crippen molar-refractivity contribution in [3.8, 4) is 0 Å². The summed E-state index contributed by atoms with van der Waals surface area (Å²) in [7, 11) is 0. The molecule has 0 fully saturated rings. The summed E-state index contributed by atoms with van der Waals surface area (Å²) in [4.78, 5) is 12.3. The quantitative estimate of drug-likeness (QED) is 0.611. The van der Waals surface area contributed by atoms with Crippen LogP contribution in [0.25, 0.3) is 0 Å². The summed E-state index contributed by atoms with van der Waals surface area (Å²) in [5.41, 5.74) is 0.0114. The summed E-state index contributed by atoms with van der Waals surface area (Å²) in [6, 6.07) is 9.16. The highest BCUT2D eigenvalue weighted by Crippen LogP contribution is 2.27. The molecule has 1 aliphatic rings. The maximum atomic E-state index is 12.3. The number of allylic oxidation sites excluding steroid dienone is 1. The minimum atomic E-state index is -0.522. The number of ether oxygens (including phenoxy) is 1. The van der Waals surface area contributed by atoms with Crippen LogP contribution in [-0.2, 0) is 4.74 Å². The molecule has 0 saturated carbocycles. The molecule has 0 unspecified atom stereocenters. The molecule has 3 heteroatoms. The largest absolute Gasteiger partial charge is 0.456 e. The van der Waals surface area contributed by atoms with Gasteiger partial charge in [-0.15, -0.1) is 0 Å². The lowest BCUT2D eigenvalue weighted by atomic mass is 9.88. The van der Waals surface area contributed by atoms with E-state index in [1.807, 2.05) is 32.0 Å². The van der Waals surface area contributed by atoms with Crippen LogP contribution < -0.4 is 0 Å². The van der Waals surface area contributed by atoms with Gasteiger partial charge < -0.3 is 4.74 Å². The zero-order valence-corrected chi connectivity index (χ0v) is 14.0. The van der Waals surface area contributed by atoms with Crippen LogP contribution in [-0.4, -0.2) is 34.4 Å². The average molecular weight is 300 g/mol. The maximum Gasteiger partial charge on any atom is 0.338 e. The average Bonchev–Trinajstić information content (AvgIpc) is 2.47. The number of carbonyl (C=O) groups excluding carboxylic acids is 1. The van der Waals surface area contributed by atoms with Crippen LogP contribution in [0.5, 0.6) is 0 Å². The molecule has 22 heavy (non-hydrogen) atoms. The fourth-order valence-electron chi connectivity index (χ4n) is 3.12. The molecule has 1 aromatic rings. The number of carbonyl (C=O) groups is 1. The molecule has 0 bridgehead atoms. The molecule has 0 atom stereocenters. The van der Waals surface area contributed by atoms with E-state index in [4.69, 9.17) is 4.74 Å². The van der Waals surface area contributed by atoms with Crippen LogP contribution in [0.1, 0.15) is 50.9 Å². The van der Waals surface area contributed by atoms with E-state index < -0.39 is 5.60 Å². The van der Waals surface area contributed by atoms with Gasteiger partial charge in [-0.05, 0) is 32.1 Å². The fraction of sp³-hybridized carbons (Fsp3) is 0.474. The van der Waals surface area contributed by atoms with Gasteiger partial charge in [0.2, 0.25) is 0 Å². The lowest BCUT2D eigenvalue weighted by Gasteiger charge is -2.33. The first kappa shape index (κ1) is 16.5. The molecule has 0 aromatic heterocycles. The van der Waals surface area contributed by atoms with Gasteiger partial charge in [0, 0.05) is 20.3 Å². The molecule has 0 radical (unpaired) electrons. The first-order valence-corrected chi connectivity index (χ1v) is 7.85. The van der Waals surface area contributed by atoms with E-state index in [0.717, 1.165) is 19.4 Å². The van der Waals surface area contributed by atoms with Crippen LogP contribution in [0, 0.1) is 0 Å². The van der Waals surface area contributed by atoms with E-state index in [0.29, 0.717) is 5.56 Å². The molecule has 0 spiro atoms. The zero-order chi connectivity index (χ0) is 16.2. The van der Waals surface area contributed by atoms with Gasteiger partial charge in [-0.2, -0.15) is 0 Å². The predicted octanol–water partition coefficient (Wildman–Crippen LogP) is 3.83. The number of rotatable bonds is 5. The molecular formula is C19H26NO2+. The molecule has 0 saturated heterocycles. The van der Waals surface area contributed by atoms with Gasteiger partial charge in [-0.25, -0.2) is 9.37 Å². The molecule has 1 heterocycles. The molecule has 1 aromatic carbocycles. The van der Waals surface area contributed by atoms with E-state index in [1.54, 1.807) is 12.1 Å². The molecule has 118 valence electrons. The highest BCUT2D eigenvalue weighted by Gasteiger charge is 2.39. The first-order valence-electron chi connectivity index (χ1n) is 7.85. The third-order valence-corrected chi connectivity index (χ3v) is 3.95. The lowest BCUT2D eigenvalue weighted by molar-refractivity contribution is -0.600. The lowest BCUT2D eigenvalue weighted by Crippen LogP contribution is -2.45. The van der Waals surface area contributed by atoms with Gasteiger partial charge in [-0.3, -0.25) is 0 Å². The van der Waals surface area contributed by atoms with Crippen LogP contribution in [0.15, 0.2) is 42.5 Å². The van der Waals surface area contributed by atoms with E-state index in [1.165, 1.54) is 0 Å². The number of nitrogens with zero attached hydrogens (tertiary/aromatic N) is 1. The maximum absolute atomic E-state index is 12.3. The van der Waals surface area contributed by atoms with E-state index in [-0.39, 0.29) is 11.5 Å². The van der Waals surface area contributed by atoms with Crippen molar-refractivity contribution in [1.82, 2.24) is 0 Å². The monoisotopic (exact) mass is 300 g/mol. The smallest absolute Gasteiger partial charge is 0.338 e. The van der Waals surface area contributed by atoms with Crippen LogP contribution in [0.2, 0.25) is 0 Å². The van der Waals surface area contributed by atoms with E-state index in [2.05, 4.69) is 36.8 Å². The Kier molecular flexibility index (Phi) is 4.84. The van der Waals surface area contributed by atoms with Crippen molar-refractivity contribution in [1.29, 1.82) is 0 Å². The summed E-state index contributed by atoms with van der Waals surface area (Å²) in [5.74, 6) is -0.260. The van der Waals surface area contributed by atoms with Gasteiger partial charge in [0.1, 0.15) is 12.1 Å². The van der Waals surface area contributed by atoms with Crippen molar-refractivity contribution in [2.45, 2.75) is 51.7 Å². The van der Waals surface area contributed by atoms with Gasteiger partial charge in [-0.1, -0.05) is 24.3 Å². The van der Waals surface area contributed by atoms with Gasteiger partial charge in [0.05, 0.1) is 12.0 Å². The van der Waals surface area contributed by atoms with Gasteiger partial charge in [0.15, 0.2) is 11.8 Å². The van der Waals surface area contributed by atoms with E-state index in [9.17, 15) is 4.79 Å². The standard InChI is InChI=1S/C19H26NO2/c1-18(2,20-13-9-6-10-14-20)15-19(3,4)22-17(21)16-11-7-5-8-12-16/h5-9,11-13H,10,14-15H2,1-4H3/q+1. The summed E-state index contributed by atoms with van der Waals surface area (Å²) >= 11 is 0. The molecular weight excluding hydrogens is 274 g/mol. The number of hydrogen-bond acceptors (Lipinski definition) is 2. The molecule has 0 N–H and O–H groups in total. The SMILES string of the molecule is CC(C)(CC(C)(C)[N+]1=CC=CCC1)OC(=O)c1ccccc1. The number of esters is 1. The van der Waals surface area contributed by atoms with Crippen molar-refractivity contribution >= 4 is 12.2 Å². The van der Waals surface area contributed by atoms with Crippen molar-refractivity contribution < 1.29 is 14.1 Å². The predicted molar refractivity (Wildman–Crippen MR) is 89.6 cm³/mol. The van der Waals surface area contributed by atoms with Crippen LogP contribution in [0.4, 0.5) is 0 Å². The molecule has 2 rings (SSSR count). The third-order valence-electron chi connectivity index (χ3n) is 3.95. The molecule has 3 nitrogen and oxygen atoms in total. The topological polar surface area (TPSA) is 29.3 Å². The Morgan fingerprint density at radius 3 is 2.45 bits per heavy atom. The Bertz CT molecular complexity index is 583. The summed E-state index contributed by atoms with van der Waals surface area (Å²) < 4.78 is 8.08. The number of benzene rings is 1. The summed E-state index contributed by atoms with van der Waals surface area (Å²) in [6.07, 6.45) is 8.22. The second-order valence-electron chi connectivity index (χ2n) is 7.06. The number of hydrogen-bond donors (Lipinski definition) is 0. The minimum absolute atomic E-state index is 0.0643. The summed E-state index contributed by atoms with van der Waals surface area (Å²) in [5, 5.41) is 0. The van der Waals surface area contributed by atoms with E-state index >= 15 is 0 Å². The molecule has 0 amide bonds. The Hall–Kier alpha value is -1.90. The first-order chi connectivity index (χ1) is 10.3. The van der Waals surface area contributed by atoms with Gasteiger partial charge >= 0.3 is 5.97 Å². The minimum Gasteiger partial charge on any atom is -0.456 e. The Labute approximate surface area is 133 Å². The Morgan fingerprint density at radius 2 is 1.86 bits per heavy atom. The molecule has 0 aliphatic carbocycles. The second kappa shape index (κ2) is 6.47. The van der Waals surface area contributed by atoms with Crippen molar-refractivity contribution in [3.63, 3.8) is 0 Å². The third kappa shape index (κ3) is 4.30. The van der Waals surface area contributed by atoms with Crippen molar-refractivity contribution in [3.05, 3.63) is 48.0 Å². The van der Waals surface area contributed by atoms with Crippen molar-refractivity contribution in [2.75, 3.05) is 6.54 Å². The van der Waals surface area contributed by atoms with Crippen LogP contribution >= 0.6 is 0 Å². The zero-order valence-electron chi connectivity index (χ0n) is 14.0. The Morgan fingerprint density at radius 1 is 1.18 bits per heavy atom. The van der Waals surface area contributed by atoms with Gasteiger partial charge in [0.25, 0.3) is 0 Å². The highest BCUT2D eigenvalue weighted by molar-refractivity contribution is 5.89. The highest BCUT2D eigenvalue weighted by atomic mass is 16.6. The second-order valence-corrected chi connectivity index (χ2v) is 7.06. The van der Waals surface area contributed by atoms with Crippen molar-refractivity contribution in [2.24, 2.45) is 0 Å². The fourth-order valence-corrected chi connectivity index (χ4v) is 3.12. The normalized spacial score (nSPS) is 15.4. The van der Waals surface area contributed by atoms with Crippen LogP contribution in [0.3, 0.4) is 0 Å². The summed E-state index contributed by atoms with van der Waals surface area (Å²) in [6.45, 7) is 9.36.